The van der Waals surface area contributed by atoms with Crippen LogP contribution in [0.15, 0.2) is 24.4 Å². The van der Waals surface area contributed by atoms with Gasteiger partial charge < -0.3 is 15.3 Å². The summed E-state index contributed by atoms with van der Waals surface area (Å²) in [5.74, 6) is 2.41. The number of aliphatic hydroxyl groups excluding tert-OH is 1. The average Bonchev–Trinajstić information content (AvgIpc) is 3.52. The predicted molar refractivity (Wildman–Crippen MR) is 139 cm³/mol. The number of rotatable bonds is 5. The van der Waals surface area contributed by atoms with Gasteiger partial charge in [-0.25, -0.2) is 4.98 Å². The van der Waals surface area contributed by atoms with Crippen LogP contribution in [-0.4, -0.2) is 81.0 Å². The number of imidazole rings is 1. The van der Waals surface area contributed by atoms with E-state index in [0.29, 0.717) is 30.1 Å². The number of piperazine rings is 1. The summed E-state index contributed by atoms with van der Waals surface area (Å²) >= 11 is 0. The topological polar surface area (TPSA) is 90.2 Å². The lowest BCUT2D eigenvalue weighted by Crippen LogP contribution is -2.53. The van der Waals surface area contributed by atoms with Crippen LogP contribution in [0.2, 0.25) is 0 Å². The molecule has 6 fully saturated rings. The van der Waals surface area contributed by atoms with E-state index in [1.165, 1.54) is 38.5 Å². The number of hydrogen-bond donors (Lipinski definition) is 2. The summed E-state index contributed by atoms with van der Waals surface area (Å²) < 4.78 is 1.77. The van der Waals surface area contributed by atoms with Crippen molar-refractivity contribution in [3.63, 3.8) is 0 Å². The van der Waals surface area contributed by atoms with Crippen molar-refractivity contribution in [2.75, 3.05) is 32.7 Å². The second kappa shape index (κ2) is 9.09. The van der Waals surface area contributed by atoms with Crippen molar-refractivity contribution >= 4 is 17.5 Å². The van der Waals surface area contributed by atoms with Crippen molar-refractivity contribution in [3.8, 4) is 0 Å². The molecule has 0 radical (unpaired) electrons. The Morgan fingerprint density at radius 1 is 1.00 bits per heavy atom. The first-order chi connectivity index (χ1) is 18.0. The van der Waals surface area contributed by atoms with Gasteiger partial charge in [-0.1, -0.05) is 6.07 Å². The van der Waals surface area contributed by atoms with Crippen molar-refractivity contribution < 1.29 is 14.7 Å². The monoisotopic (exact) mass is 505 g/mol. The van der Waals surface area contributed by atoms with E-state index in [-0.39, 0.29) is 29.4 Å². The number of nitrogens with zero attached hydrogens (tertiary/aromatic N) is 4. The molecule has 37 heavy (non-hydrogen) atoms. The minimum absolute atomic E-state index is 0.0820. The van der Waals surface area contributed by atoms with E-state index in [9.17, 15) is 14.7 Å². The molecule has 4 bridgehead atoms. The second-order valence-corrected chi connectivity index (χ2v) is 12.8. The lowest BCUT2D eigenvalue weighted by atomic mass is 9.49. The van der Waals surface area contributed by atoms with Crippen LogP contribution in [-0.2, 0) is 0 Å². The highest BCUT2D eigenvalue weighted by Gasteiger charge is 2.50. The highest BCUT2D eigenvalue weighted by molar-refractivity contribution is 5.95. The SMILES string of the molecule is O=C(NCC12CC3CC(CC(C3)C1)C2)c1cccc2nc(C(=O)N3CCN([C@@H]4CCC[C@H]4O)CC3)cn12. The molecule has 1 saturated heterocycles. The minimum Gasteiger partial charge on any atom is -0.391 e. The molecule has 5 aliphatic carbocycles. The molecule has 8 nitrogen and oxygen atoms in total. The highest BCUT2D eigenvalue weighted by Crippen LogP contribution is 2.59. The summed E-state index contributed by atoms with van der Waals surface area (Å²) in [6.07, 6.45) is 12.5. The largest absolute Gasteiger partial charge is 0.391 e. The number of nitrogens with one attached hydrogen (secondary N) is 1. The number of pyridine rings is 1. The van der Waals surface area contributed by atoms with Gasteiger partial charge in [-0.05, 0) is 93.1 Å². The number of aliphatic hydroxyl groups is 1. The molecule has 8 heteroatoms. The van der Waals surface area contributed by atoms with Gasteiger partial charge in [-0.15, -0.1) is 0 Å². The van der Waals surface area contributed by atoms with E-state index >= 15 is 0 Å². The lowest BCUT2D eigenvalue weighted by molar-refractivity contribution is -0.0503. The van der Waals surface area contributed by atoms with E-state index in [1.54, 1.807) is 10.6 Å². The molecule has 5 saturated carbocycles. The maximum atomic E-state index is 13.3. The van der Waals surface area contributed by atoms with Gasteiger partial charge in [-0.2, -0.15) is 0 Å². The van der Waals surface area contributed by atoms with E-state index in [4.69, 9.17) is 0 Å². The summed E-state index contributed by atoms with van der Waals surface area (Å²) in [5.41, 5.74) is 1.83. The zero-order chi connectivity index (χ0) is 25.1. The second-order valence-electron chi connectivity index (χ2n) is 12.8. The molecular weight excluding hydrogens is 466 g/mol. The fraction of sp³-hybridized carbons (Fsp3) is 0.690. The Morgan fingerprint density at radius 3 is 2.35 bits per heavy atom. The minimum atomic E-state index is -0.242. The van der Waals surface area contributed by atoms with Crippen LogP contribution in [0.5, 0.6) is 0 Å². The van der Waals surface area contributed by atoms with Crippen LogP contribution in [0.3, 0.4) is 0 Å². The Morgan fingerprint density at radius 2 is 1.70 bits per heavy atom. The standard InChI is InChI=1S/C29H39N5O3/c35-25-5-1-3-23(25)32-7-9-33(10-8-32)28(37)22-17-34-24(4-2-6-26(34)31-22)27(36)30-18-29-14-19-11-20(15-29)13-21(12-19)16-29/h2,4,6,17,19-21,23,25,35H,1,3,5,7-16,18H2,(H,30,36)/t19?,20?,21?,23-,25-,29?/m1/s1. The van der Waals surface area contributed by atoms with Gasteiger partial charge in [0, 0.05) is 45.0 Å². The number of aromatic nitrogens is 2. The first kappa shape index (κ1) is 23.7. The number of amides is 2. The Labute approximate surface area is 218 Å². The van der Waals surface area contributed by atoms with Gasteiger partial charge in [0.15, 0.2) is 0 Å². The molecule has 3 heterocycles. The highest BCUT2D eigenvalue weighted by atomic mass is 16.3. The molecule has 0 unspecified atom stereocenters. The predicted octanol–water partition coefficient (Wildman–Crippen LogP) is 2.95. The summed E-state index contributed by atoms with van der Waals surface area (Å²) in [5, 5.41) is 13.5. The average molecular weight is 506 g/mol. The van der Waals surface area contributed by atoms with Gasteiger partial charge in [0.2, 0.25) is 0 Å². The van der Waals surface area contributed by atoms with Crippen molar-refractivity contribution in [1.82, 2.24) is 24.5 Å². The maximum Gasteiger partial charge on any atom is 0.274 e. The number of carbonyl (C=O) groups is 2. The third-order valence-corrected chi connectivity index (χ3v) is 10.2. The number of fused-ring (bicyclic) bond motifs is 1. The third-order valence-electron chi connectivity index (χ3n) is 10.2. The smallest absolute Gasteiger partial charge is 0.274 e. The number of hydrogen-bond acceptors (Lipinski definition) is 5. The molecule has 2 amide bonds. The van der Waals surface area contributed by atoms with Gasteiger partial charge in [0.1, 0.15) is 17.0 Å². The van der Waals surface area contributed by atoms with Gasteiger partial charge in [-0.3, -0.25) is 18.9 Å². The molecule has 2 aromatic rings. The summed E-state index contributed by atoms with van der Waals surface area (Å²) in [6, 6.07) is 5.75. The molecular formula is C29H39N5O3. The van der Waals surface area contributed by atoms with Crippen molar-refractivity contribution in [2.45, 2.75) is 69.9 Å². The first-order valence-electron chi connectivity index (χ1n) is 14.4. The maximum absolute atomic E-state index is 13.3. The van der Waals surface area contributed by atoms with Crippen LogP contribution in [0.25, 0.3) is 5.65 Å². The quantitative estimate of drug-likeness (QED) is 0.652. The molecule has 6 aliphatic rings. The van der Waals surface area contributed by atoms with Crippen molar-refractivity contribution in [2.24, 2.45) is 23.2 Å². The van der Waals surface area contributed by atoms with E-state index in [2.05, 4.69) is 15.2 Å². The van der Waals surface area contributed by atoms with Gasteiger partial charge >= 0.3 is 0 Å². The van der Waals surface area contributed by atoms with E-state index < -0.39 is 0 Å². The molecule has 2 N–H and O–H groups in total. The summed E-state index contributed by atoms with van der Waals surface area (Å²) in [6.45, 7) is 3.58. The third kappa shape index (κ3) is 4.26. The normalized spacial score (nSPS) is 35.4. The van der Waals surface area contributed by atoms with Crippen LogP contribution in [0.4, 0.5) is 0 Å². The van der Waals surface area contributed by atoms with Gasteiger partial charge in [0.25, 0.3) is 11.8 Å². The molecule has 0 aromatic carbocycles. The lowest BCUT2D eigenvalue weighted by Gasteiger charge is -2.56. The van der Waals surface area contributed by atoms with Gasteiger partial charge in [0.05, 0.1) is 6.10 Å². The Bertz CT molecular complexity index is 1160. The fourth-order valence-electron chi connectivity index (χ4n) is 8.93. The van der Waals surface area contributed by atoms with Crippen LogP contribution >= 0.6 is 0 Å². The summed E-state index contributed by atoms with van der Waals surface area (Å²) in [7, 11) is 0. The van der Waals surface area contributed by atoms with E-state index in [0.717, 1.165) is 56.7 Å². The zero-order valence-corrected chi connectivity index (χ0v) is 21.6. The Balaban J connectivity index is 1.02. The van der Waals surface area contributed by atoms with Crippen LogP contribution < -0.4 is 5.32 Å². The number of carbonyl (C=O) groups excluding carboxylic acids is 2. The van der Waals surface area contributed by atoms with Crippen LogP contribution in [0.1, 0.15) is 78.8 Å². The molecule has 8 rings (SSSR count). The van der Waals surface area contributed by atoms with Crippen LogP contribution in [0, 0.1) is 23.2 Å². The first-order valence-corrected chi connectivity index (χ1v) is 14.4. The Hall–Kier alpha value is -2.45. The molecule has 2 atom stereocenters. The van der Waals surface area contributed by atoms with Crippen molar-refractivity contribution in [3.05, 3.63) is 35.8 Å². The van der Waals surface area contributed by atoms with Crippen molar-refractivity contribution in [1.29, 1.82) is 0 Å². The Kier molecular flexibility index (Phi) is 5.81. The zero-order valence-electron chi connectivity index (χ0n) is 21.6. The molecule has 198 valence electrons. The van der Waals surface area contributed by atoms with E-state index in [1.807, 2.05) is 23.1 Å². The molecule has 2 aromatic heterocycles. The molecule has 0 spiro atoms. The fourth-order valence-corrected chi connectivity index (χ4v) is 8.93. The summed E-state index contributed by atoms with van der Waals surface area (Å²) in [4.78, 5) is 35.4. The molecule has 1 aliphatic heterocycles.